The Labute approximate surface area is 104 Å². The zero-order chi connectivity index (χ0) is 12.5. The summed E-state index contributed by atoms with van der Waals surface area (Å²) in [6.07, 6.45) is -0.409. The number of hydrogen-bond donors (Lipinski definition) is 3. The minimum absolute atomic E-state index is 0.141. The fourth-order valence-electron chi connectivity index (χ4n) is 2.09. The van der Waals surface area contributed by atoms with Gasteiger partial charge in [-0.25, -0.2) is 0 Å². The van der Waals surface area contributed by atoms with Gasteiger partial charge in [0.25, 0.3) is 5.91 Å². The number of amides is 1. The summed E-state index contributed by atoms with van der Waals surface area (Å²) in [4.78, 5) is 11.9. The zero-order valence-electron chi connectivity index (χ0n) is 9.55. The Kier molecular flexibility index (Phi) is 2.41. The van der Waals surface area contributed by atoms with E-state index in [0.717, 1.165) is 5.69 Å². The Bertz CT molecular complexity index is 610. The fourth-order valence-corrected chi connectivity index (χ4v) is 2.09. The molecule has 90 valence electrons. The molecule has 0 spiro atoms. The van der Waals surface area contributed by atoms with Gasteiger partial charge in [0.2, 0.25) is 0 Å². The van der Waals surface area contributed by atoms with Gasteiger partial charge in [-0.2, -0.15) is 0 Å². The largest absolute Gasteiger partial charge is 0.508 e. The zero-order valence-corrected chi connectivity index (χ0v) is 9.55. The molecule has 2 aromatic carbocycles. The van der Waals surface area contributed by atoms with Gasteiger partial charge in [-0.15, -0.1) is 0 Å². The summed E-state index contributed by atoms with van der Waals surface area (Å²) in [5.74, 6) is 0.0206. The van der Waals surface area contributed by atoms with Gasteiger partial charge in [-0.05, 0) is 18.2 Å². The second-order valence-corrected chi connectivity index (χ2v) is 4.16. The van der Waals surface area contributed by atoms with E-state index in [1.807, 2.05) is 24.3 Å². The summed E-state index contributed by atoms with van der Waals surface area (Å²) >= 11 is 0. The standard InChI is InChI=1S/C14H12N2O2/c17-12-8-4-2-6-10(12)13-15-11-7-3-1-5-9(11)14(18)16-13/h1-8,13,15,17H,(H,16,18). The summed E-state index contributed by atoms with van der Waals surface area (Å²) in [5.41, 5.74) is 2.04. The van der Waals surface area contributed by atoms with Crippen molar-refractivity contribution in [1.29, 1.82) is 0 Å². The normalized spacial score (nSPS) is 17.6. The topological polar surface area (TPSA) is 61.4 Å². The van der Waals surface area contributed by atoms with Crippen molar-refractivity contribution in [3.63, 3.8) is 0 Å². The smallest absolute Gasteiger partial charge is 0.255 e. The molecule has 3 rings (SSSR count). The van der Waals surface area contributed by atoms with Crippen molar-refractivity contribution in [2.75, 3.05) is 5.32 Å². The number of rotatable bonds is 1. The number of para-hydroxylation sites is 2. The van der Waals surface area contributed by atoms with E-state index in [1.165, 1.54) is 0 Å². The molecule has 0 fully saturated rings. The van der Waals surface area contributed by atoms with Gasteiger partial charge in [-0.1, -0.05) is 30.3 Å². The van der Waals surface area contributed by atoms with Gasteiger partial charge in [0.15, 0.2) is 0 Å². The molecule has 0 bridgehead atoms. The van der Waals surface area contributed by atoms with E-state index in [2.05, 4.69) is 10.6 Å². The summed E-state index contributed by atoms with van der Waals surface area (Å²) in [7, 11) is 0. The number of carbonyl (C=O) groups is 1. The molecule has 3 N–H and O–H groups in total. The van der Waals surface area contributed by atoms with Crippen LogP contribution in [0.25, 0.3) is 0 Å². The molecule has 1 unspecified atom stereocenters. The number of phenols is 1. The predicted octanol–water partition coefficient (Wildman–Crippen LogP) is 2.25. The van der Waals surface area contributed by atoms with Crippen LogP contribution in [0.3, 0.4) is 0 Å². The highest BCUT2D eigenvalue weighted by molar-refractivity contribution is 6.01. The molecule has 0 saturated heterocycles. The third kappa shape index (κ3) is 1.68. The van der Waals surface area contributed by atoms with Gasteiger partial charge in [0.1, 0.15) is 11.9 Å². The first kappa shape index (κ1) is 10.7. The quantitative estimate of drug-likeness (QED) is 0.716. The molecule has 1 aliphatic rings. The van der Waals surface area contributed by atoms with Gasteiger partial charge in [0.05, 0.1) is 5.56 Å². The third-order valence-electron chi connectivity index (χ3n) is 2.99. The monoisotopic (exact) mass is 240 g/mol. The molecule has 2 aromatic rings. The number of fused-ring (bicyclic) bond motifs is 1. The van der Waals surface area contributed by atoms with Crippen molar-refractivity contribution in [2.45, 2.75) is 6.17 Å². The number of carbonyl (C=O) groups excluding carboxylic acids is 1. The molecule has 1 amide bonds. The van der Waals surface area contributed by atoms with Crippen LogP contribution in [0.4, 0.5) is 5.69 Å². The highest BCUT2D eigenvalue weighted by atomic mass is 16.3. The van der Waals surface area contributed by atoms with Crippen molar-refractivity contribution in [3.05, 3.63) is 59.7 Å². The maximum atomic E-state index is 11.9. The lowest BCUT2D eigenvalue weighted by molar-refractivity contribution is 0.0935. The number of phenolic OH excluding ortho intramolecular Hbond substituents is 1. The van der Waals surface area contributed by atoms with Crippen LogP contribution in [0.5, 0.6) is 5.75 Å². The predicted molar refractivity (Wildman–Crippen MR) is 68.4 cm³/mol. The highest BCUT2D eigenvalue weighted by Gasteiger charge is 2.25. The highest BCUT2D eigenvalue weighted by Crippen LogP contribution is 2.30. The van der Waals surface area contributed by atoms with E-state index in [0.29, 0.717) is 11.1 Å². The Morgan fingerprint density at radius 1 is 0.944 bits per heavy atom. The van der Waals surface area contributed by atoms with Crippen LogP contribution < -0.4 is 10.6 Å². The second kappa shape index (κ2) is 4.07. The molecule has 1 atom stereocenters. The number of nitrogens with one attached hydrogen (secondary N) is 2. The summed E-state index contributed by atoms with van der Waals surface area (Å²) < 4.78 is 0. The average Bonchev–Trinajstić information content (AvgIpc) is 2.39. The molecule has 4 nitrogen and oxygen atoms in total. The van der Waals surface area contributed by atoms with Gasteiger partial charge >= 0.3 is 0 Å². The first-order chi connectivity index (χ1) is 8.75. The maximum Gasteiger partial charge on any atom is 0.255 e. The first-order valence-electron chi connectivity index (χ1n) is 5.70. The minimum atomic E-state index is -0.409. The lowest BCUT2D eigenvalue weighted by Crippen LogP contribution is -2.38. The second-order valence-electron chi connectivity index (χ2n) is 4.16. The first-order valence-corrected chi connectivity index (χ1v) is 5.70. The lowest BCUT2D eigenvalue weighted by atomic mass is 10.1. The van der Waals surface area contributed by atoms with Crippen molar-refractivity contribution in [3.8, 4) is 5.75 Å². The van der Waals surface area contributed by atoms with Gasteiger partial charge in [0, 0.05) is 11.3 Å². The third-order valence-corrected chi connectivity index (χ3v) is 2.99. The Balaban J connectivity index is 2.00. The SMILES string of the molecule is O=C1NC(c2ccccc2O)Nc2ccccc21. The van der Waals surface area contributed by atoms with Crippen LogP contribution in [0.15, 0.2) is 48.5 Å². The van der Waals surface area contributed by atoms with Crippen molar-refractivity contribution in [2.24, 2.45) is 0 Å². The Hall–Kier alpha value is -2.49. The summed E-state index contributed by atoms with van der Waals surface area (Å²) in [5, 5.41) is 15.8. The number of anilines is 1. The van der Waals surface area contributed by atoms with E-state index in [-0.39, 0.29) is 11.7 Å². The van der Waals surface area contributed by atoms with Crippen LogP contribution in [0.2, 0.25) is 0 Å². The molecule has 1 aliphatic heterocycles. The maximum absolute atomic E-state index is 11.9. The number of hydrogen-bond acceptors (Lipinski definition) is 3. The lowest BCUT2D eigenvalue weighted by Gasteiger charge is -2.28. The molecule has 18 heavy (non-hydrogen) atoms. The summed E-state index contributed by atoms with van der Waals surface area (Å²) in [6.45, 7) is 0. The average molecular weight is 240 g/mol. The van der Waals surface area contributed by atoms with Gasteiger partial charge in [-0.3, -0.25) is 4.79 Å². The fraction of sp³-hybridized carbons (Fsp3) is 0.0714. The van der Waals surface area contributed by atoms with Crippen LogP contribution in [-0.4, -0.2) is 11.0 Å². The number of aromatic hydroxyl groups is 1. The molecular weight excluding hydrogens is 228 g/mol. The van der Waals surface area contributed by atoms with Crippen molar-refractivity contribution < 1.29 is 9.90 Å². The molecule has 0 aromatic heterocycles. The van der Waals surface area contributed by atoms with Crippen LogP contribution in [0, 0.1) is 0 Å². The van der Waals surface area contributed by atoms with E-state index < -0.39 is 6.17 Å². The Morgan fingerprint density at radius 2 is 1.67 bits per heavy atom. The minimum Gasteiger partial charge on any atom is -0.508 e. The van der Waals surface area contributed by atoms with E-state index in [4.69, 9.17) is 0 Å². The molecule has 4 heteroatoms. The number of benzene rings is 2. The molecule has 1 heterocycles. The summed E-state index contributed by atoms with van der Waals surface area (Å²) in [6, 6.07) is 14.2. The van der Waals surface area contributed by atoms with Crippen LogP contribution >= 0.6 is 0 Å². The van der Waals surface area contributed by atoms with E-state index in [9.17, 15) is 9.90 Å². The Morgan fingerprint density at radius 3 is 2.50 bits per heavy atom. The molecular formula is C14H12N2O2. The van der Waals surface area contributed by atoms with Crippen molar-refractivity contribution >= 4 is 11.6 Å². The van der Waals surface area contributed by atoms with Crippen LogP contribution in [-0.2, 0) is 0 Å². The van der Waals surface area contributed by atoms with E-state index >= 15 is 0 Å². The van der Waals surface area contributed by atoms with Crippen molar-refractivity contribution in [1.82, 2.24) is 5.32 Å². The molecule has 0 radical (unpaired) electrons. The van der Waals surface area contributed by atoms with Gasteiger partial charge < -0.3 is 15.7 Å². The van der Waals surface area contributed by atoms with Crippen LogP contribution in [0.1, 0.15) is 22.1 Å². The molecule has 0 aliphatic carbocycles. The van der Waals surface area contributed by atoms with E-state index in [1.54, 1.807) is 24.3 Å². The molecule has 0 saturated carbocycles.